The summed E-state index contributed by atoms with van der Waals surface area (Å²) in [5, 5.41) is 11.2. The topological polar surface area (TPSA) is 73.9 Å². The number of carbonyl (C=O) groups is 1. The van der Waals surface area contributed by atoms with Gasteiger partial charge < -0.3 is 5.32 Å². The summed E-state index contributed by atoms with van der Waals surface area (Å²) in [4.78, 5) is 19.7. The van der Waals surface area contributed by atoms with E-state index in [1.54, 1.807) is 0 Å². The quantitative estimate of drug-likeness (QED) is 0.667. The van der Waals surface area contributed by atoms with Crippen molar-refractivity contribution < 1.29 is 4.79 Å². The zero-order chi connectivity index (χ0) is 20.3. The fourth-order valence-corrected chi connectivity index (χ4v) is 4.46. The van der Waals surface area contributed by atoms with Crippen LogP contribution in [-0.4, -0.2) is 45.1 Å². The maximum absolute atomic E-state index is 12.7. The SMILES string of the molecule is O=C(NC1CCC1)c1n[nH]c2ccc(-c3cncc(CN4CCCCCC4)c3)cc12. The predicted octanol–water partition coefficient (Wildman–Crippen LogP) is 4.28. The van der Waals surface area contributed by atoms with Crippen molar-refractivity contribution in [2.24, 2.45) is 0 Å². The fraction of sp³-hybridized carbons (Fsp3) is 0.458. The molecule has 0 bridgehead atoms. The molecule has 0 unspecified atom stereocenters. The van der Waals surface area contributed by atoms with Crippen LogP contribution in [0.4, 0.5) is 0 Å². The van der Waals surface area contributed by atoms with E-state index in [4.69, 9.17) is 0 Å². The Hall–Kier alpha value is -2.73. The van der Waals surface area contributed by atoms with E-state index in [2.05, 4.69) is 43.6 Å². The van der Waals surface area contributed by atoms with Gasteiger partial charge in [-0.15, -0.1) is 0 Å². The number of amides is 1. The zero-order valence-corrected chi connectivity index (χ0v) is 17.4. The number of rotatable bonds is 5. The molecule has 1 saturated carbocycles. The molecule has 0 spiro atoms. The van der Waals surface area contributed by atoms with Gasteiger partial charge in [0.2, 0.25) is 0 Å². The number of H-pyrrole nitrogens is 1. The van der Waals surface area contributed by atoms with E-state index < -0.39 is 0 Å². The first kappa shape index (κ1) is 19.2. The number of hydrogen-bond acceptors (Lipinski definition) is 4. The molecule has 30 heavy (non-hydrogen) atoms. The molecule has 5 rings (SSSR count). The van der Waals surface area contributed by atoms with Gasteiger partial charge in [0.1, 0.15) is 0 Å². The maximum Gasteiger partial charge on any atom is 0.272 e. The first-order valence-corrected chi connectivity index (χ1v) is 11.2. The standard InChI is InChI=1S/C24H29N5O/c30-24(26-20-6-5-7-20)23-21-13-18(8-9-22(21)27-28-23)19-12-17(14-25-15-19)16-29-10-3-1-2-4-11-29/h8-9,12-15,20H,1-7,10-11,16H2,(H,26,30)(H,27,28). The van der Waals surface area contributed by atoms with Crippen LogP contribution in [0.2, 0.25) is 0 Å². The number of likely N-dealkylation sites (tertiary alicyclic amines) is 1. The fourth-order valence-electron chi connectivity index (χ4n) is 4.46. The first-order chi connectivity index (χ1) is 14.8. The number of hydrogen-bond donors (Lipinski definition) is 2. The minimum atomic E-state index is -0.0869. The number of pyridine rings is 1. The lowest BCUT2D eigenvalue weighted by molar-refractivity contribution is 0.0913. The Bertz CT molecular complexity index is 1030. The molecule has 156 valence electrons. The second kappa shape index (κ2) is 8.56. The van der Waals surface area contributed by atoms with Crippen LogP contribution in [-0.2, 0) is 6.54 Å². The molecule has 1 aromatic carbocycles. The highest BCUT2D eigenvalue weighted by atomic mass is 16.2. The van der Waals surface area contributed by atoms with Crippen LogP contribution in [0.15, 0.2) is 36.7 Å². The largest absolute Gasteiger partial charge is 0.348 e. The Kier molecular flexibility index (Phi) is 5.49. The summed E-state index contributed by atoms with van der Waals surface area (Å²) in [6.45, 7) is 3.29. The smallest absolute Gasteiger partial charge is 0.272 e. The third-order valence-electron chi connectivity index (χ3n) is 6.45. The van der Waals surface area contributed by atoms with Gasteiger partial charge in [-0.05, 0) is 74.5 Å². The molecule has 6 heteroatoms. The molecule has 1 aliphatic heterocycles. The molecular formula is C24H29N5O. The molecule has 2 aliphatic rings. The van der Waals surface area contributed by atoms with Crippen molar-refractivity contribution in [2.45, 2.75) is 57.5 Å². The number of benzene rings is 1. The number of fused-ring (bicyclic) bond motifs is 1. The number of nitrogens with one attached hydrogen (secondary N) is 2. The highest BCUT2D eigenvalue weighted by Crippen LogP contribution is 2.27. The van der Waals surface area contributed by atoms with Gasteiger partial charge in [0.05, 0.1) is 5.52 Å². The first-order valence-electron chi connectivity index (χ1n) is 11.2. The van der Waals surface area contributed by atoms with Crippen LogP contribution in [0.1, 0.15) is 61.0 Å². The Balaban J connectivity index is 1.38. The molecule has 0 radical (unpaired) electrons. The predicted molar refractivity (Wildman–Crippen MR) is 118 cm³/mol. The van der Waals surface area contributed by atoms with Crippen molar-refractivity contribution in [3.63, 3.8) is 0 Å². The Labute approximate surface area is 177 Å². The van der Waals surface area contributed by atoms with Crippen LogP contribution in [0.25, 0.3) is 22.0 Å². The summed E-state index contributed by atoms with van der Waals surface area (Å²) < 4.78 is 0. The lowest BCUT2D eigenvalue weighted by Gasteiger charge is -2.25. The Morgan fingerprint density at radius 1 is 1.03 bits per heavy atom. The number of aromatic nitrogens is 3. The molecule has 2 N–H and O–H groups in total. The van der Waals surface area contributed by atoms with Crippen LogP contribution in [0.3, 0.4) is 0 Å². The van der Waals surface area contributed by atoms with E-state index in [9.17, 15) is 4.79 Å². The van der Waals surface area contributed by atoms with E-state index in [-0.39, 0.29) is 5.91 Å². The van der Waals surface area contributed by atoms with Crippen LogP contribution >= 0.6 is 0 Å². The molecule has 0 atom stereocenters. The molecule has 1 saturated heterocycles. The van der Waals surface area contributed by atoms with Crippen molar-refractivity contribution in [1.82, 2.24) is 25.4 Å². The lowest BCUT2D eigenvalue weighted by Crippen LogP contribution is -2.39. The van der Waals surface area contributed by atoms with Crippen LogP contribution < -0.4 is 5.32 Å². The van der Waals surface area contributed by atoms with E-state index in [1.165, 1.54) is 50.8 Å². The van der Waals surface area contributed by atoms with E-state index in [1.807, 2.05) is 18.5 Å². The molecule has 2 aromatic heterocycles. The number of aromatic amines is 1. The number of nitrogens with zero attached hydrogens (tertiary/aromatic N) is 3. The van der Waals surface area contributed by atoms with Gasteiger partial charge in [0.15, 0.2) is 5.69 Å². The van der Waals surface area contributed by atoms with Gasteiger partial charge in [-0.1, -0.05) is 18.9 Å². The van der Waals surface area contributed by atoms with Crippen molar-refractivity contribution >= 4 is 16.8 Å². The van der Waals surface area contributed by atoms with Gasteiger partial charge in [0, 0.05) is 35.9 Å². The van der Waals surface area contributed by atoms with Gasteiger partial charge in [-0.3, -0.25) is 19.8 Å². The molecule has 1 amide bonds. The van der Waals surface area contributed by atoms with Crippen molar-refractivity contribution in [3.05, 3.63) is 47.9 Å². The highest BCUT2D eigenvalue weighted by Gasteiger charge is 2.23. The van der Waals surface area contributed by atoms with E-state index in [0.717, 1.165) is 41.4 Å². The summed E-state index contributed by atoms with van der Waals surface area (Å²) in [7, 11) is 0. The molecule has 1 aliphatic carbocycles. The average Bonchev–Trinajstić information content (AvgIpc) is 2.99. The normalized spacial score (nSPS) is 18.1. The third-order valence-corrected chi connectivity index (χ3v) is 6.45. The molecule has 2 fully saturated rings. The highest BCUT2D eigenvalue weighted by molar-refractivity contribution is 6.05. The molecule has 6 nitrogen and oxygen atoms in total. The molecule has 3 heterocycles. The lowest BCUT2D eigenvalue weighted by atomic mass is 9.93. The monoisotopic (exact) mass is 403 g/mol. The molecule has 3 aromatic rings. The van der Waals surface area contributed by atoms with Crippen LogP contribution in [0, 0.1) is 0 Å². The van der Waals surface area contributed by atoms with Crippen molar-refractivity contribution in [1.29, 1.82) is 0 Å². The number of carbonyl (C=O) groups excluding carboxylic acids is 1. The minimum absolute atomic E-state index is 0.0869. The van der Waals surface area contributed by atoms with Gasteiger partial charge in [0.25, 0.3) is 5.91 Å². The van der Waals surface area contributed by atoms with E-state index in [0.29, 0.717) is 11.7 Å². The Morgan fingerprint density at radius 2 is 1.87 bits per heavy atom. The van der Waals surface area contributed by atoms with Gasteiger partial charge in [-0.25, -0.2) is 0 Å². The maximum atomic E-state index is 12.7. The summed E-state index contributed by atoms with van der Waals surface area (Å²) in [5.41, 5.74) is 4.74. The van der Waals surface area contributed by atoms with Gasteiger partial charge in [-0.2, -0.15) is 5.10 Å². The van der Waals surface area contributed by atoms with Crippen molar-refractivity contribution in [3.8, 4) is 11.1 Å². The third kappa shape index (κ3) is 4.10. The average molecular weight is 404 g/mol. The zero-order valence-electron chi connectivity index (χ0n) is 17.4. The summed E-state index contributed by atoms with van der Waals surface area (Å²) >= 11 is 0. The van der Waals surface area contributed by atoms with Crippen LogP contribution in [0.5, 0.6) is 0 Å². The van der Waals surface area contributed by atoms with Gasteiger partial charge >= 0.3 is 0 Å². The Morgan fingerprint density at radius 3 is 2.63 bits per heavy atom. The summed E-state index contributed by atoms with van der Waals surface area (Å²) in [5.74, 6) is -0.0869. The second-order valence-corrected chi connectivity index (χ2v) is 8.71. The summed E-state index contributed by atoms with van der Waals surface area (Å²) in [6, 6.07) is 8.65. The molecular weight excluding hydrogens is 374 g/mol. The van der Waals surface area contributed by atoms with Crippen molar-refractivity contribution in [2.75, 3.05) is 13.1 Å². The second-order valence-electron chi connectivity index (χ2n) is 8.71. The minimum Gasteiger partial charge on any atom is -0.348 e. The van der Waals surface area contributed by atoms with E-state index >= 15 is 0 Å². The summed E-state index contributed by atoms with van der Waals surface area (Å²) in [6.07, 6.45) is 12.5.